The van der Waals surface area contributed by atoms with E-state index in [2.05, 4.69) is 10.2 Å². The summed E-state index contributed by atoms with van der Waals surface area (Å²) >= 11 is 6.04. The Kier molecular flexibility index (Phi) is 6.60. The van der Waals surface area contributed by atoms with Crippen LogP contribution in [0.4, 0.5) is 5.69 Å². The van der Waals surface area contributed by atoms with Crippen LogP contribution in [0.3, 0.4) is 0 Å². The number of halogens is 1. The predicted molar refractivity (Wildman–Crippen MR) is 105 cm³/mol. The number of hydrogen-bond acceptors (Lipinski definition) is 6. The fraction of sp³-hybridized carbons (Fsp3) is 0.300. The fourth-order valence-electron chi connectivity index (χ4n) is 2.71. The van der Waals surface area contributed by atoms with Crippen molar-refractivity contribution in [1.82, 2.24) is 5.32 Å². The van der Waals surface area contributed by atoms with Crippen molar-refractivity contribution >= 4 is 29.2 Å². The molecule has 0 bridgehead atoms. The van der Waals surface area contributed by atoms with Crippen LogP contribution in [-0.4, -0.2) is 45.4 Å². The summed E-state index contributed by atoms with van der Waals surface area (Å²) in [6, 6.07) is 12.9. The summed E-state index contributed by atoms with van der Waals surface area (Å²) < 4.78 is 15.4. The van der Waals surface area contributed by atoms with E-state index < -0.39 is 5.97 Å². The van der Waals surface area contributed by atoms with Gasteiger partial charge >= 0.3 is 5.97 Å². The van der Waals surface area contributed by atoms with Crippen LogP contribution in [-0.2, 0) is 9.53 Å². The number of hydrogen-bond donors (Lipinski definition) is 1. The number of fused-ring (bicyclic) bond motifs is 1. The van der Waals surface area contributed by atoms with E-state index in [-0.39, 0.29) is 29.9 Å². The molecule has 148 valence electrons. The molecular weight excluding hydrogens is 384 g/mol. The maximum absolute atomic E-state index is 12.1. The first-order chi connectivity index (χ1) is 13.5. The zero-order valence-electron chi connectivity index (χ0n) is 15.4. The summed E-state index contributed by atoms with van der Waals surface area (Å²) in [5, 5.41) is 2.99. The van der Waals surface area contributed by atoms with E-state index in [1.807, 2.05) is 37.4 Å². The number of para-hydroxylation sites is 1. The Hall–Kier alpha value is -2.93. The minimum absolute atomic E-state index is 0.0510. The summed E-state index contributed by atoms with van der Waals surface area (Å²) in [5.41, 5.74) is 1.32. The Morgan fingerprint density at radius 3 is 2.79 bits per heavy atom. The quantitative estimate of drug-likeness (QED) is 0.538. The average molecular weight is 405 g/mol. The lowest BCUT2D eigenvalue weighted by atomic mass is 10.2. The van der Waals surface area contributed by atoms with Gasteiger partial charge in [-0.2, -0.15) is 0 Å². The summed E-state index contributed by atoms with van der Waals surface area (Å²) in [7, 11) is 2.00. The van der Waals surface area contributed by atoms with Gasteiger partial charge in [0.15, 0.2) is 18.1 Å². The van der Waals surface area contributed by atoms with E-state index >= 15 is 0 Å². The minimum atomic E-state index is -0.654. The van der Waals surface area contributed by atoms with Crippen LogP contribution in [0.25, 0.3) is 0 Å². The van der Waals surface area contributed by atoms with E-state index in [1.54, 1.807) is 0 Å². The smallest absolute Gasteiger partial charge is 0.338 e. The monoisotopic (exact) mass is 404 g/mol. The molecule has 2 aromatic rings. The minimum Gasteiger partial charge on any atom is -0.454 e. The molecule has 8 heteroatoms. The normalized spacial score (nSPS) is 11.8. The molecule has 1 N–H and O–H groups in total. The number of anilines is 1. The van der Waals surface area contributed by atoms with Gasteiger partial charge in [-0.05, 0) is 30.7 Å². The van der Waals surface area contributed by atoms with Crippen molar-refractivity contribution in [2.75, 3.05) is 38.4 Å². The van der Waals surface area contributed by atoms with E-state index in [1.165, 1.54) is 12.1 Å². The molecule has 0 aliphatic carbocycles. The molecule has 0 aromatic heterocycles. The van der Waals surface area contributed by atoms with Gasteiger partial charge in [0.25, 0.3) is 5.91 Å². The first-order valence-electron chi connectivity index (χ1n) is 8.84. The number of benzene rings is 2. The second-order valence-electron chi connectivity index (χ2n) is 6.23. The first-order valence-corrected chi connectivity index (χ1v) is 9.21. The Labute approximate surface area is 168 Å². The van der Waals surface area contributed by atoms with Gasteiger partial charge in [0.05, 0.1) is 10.6 Å². The molecule has 0 saturated carbocycles. The molecule has 0 atom stereocenters. The molecule has 0 spiro atoms. The molecule has 0 unspecified atom stereocenters. The van der Waals surface area contributed by atoms with Crippen molar-refractivity contribution in [1.29, 1.82) is 0 Å². The molecule has 2 aromatic carbocycles. The topological polar surface area (TPSA) is 77.1 Å². The van der Waals surface area contributed by atoms with Crippen LogP contribution in [0.5, 0.6) is 11.5 Å². The maximum Gasteiger partial charge on any atom is 0.338 e. The number of carbonyl (C=O) groups excluding carboxylic acids is 2. The Morgan fingerprint density at radius 2 is 2.00 bits per heavy atom. The number of ether oxygens (including phenoxy) is 3. The van der Waals surface area contributed by atoms with Crippen molar-refractivity contribution in [3.05, 3.63) is 53.1 Å². The highest BCUT2D eigenvalue weighted by molar-refractivity contribution is 6.32. The molecule has 1 heterocycles. The van der Waals surface area contributed by atoms with Gasteiger partial charge in [-0.3, -0.25) is 4.79 Å². The van der Waals surface area contributed by atoms with Gasteiger partial charge in [-0.1, -0.05) is 29.8 Å². The lowest BCUT2D eigenvalue weighted by Gasteiger charge is -2.19. The number of carbonyl (C=O) groups is 2. The van der Waals surface area contributed by atoms with Crippen molar-refractivity contribution in [2.24, 2.45) is 0 Å². The van der Waals surface area contributed by atoms with Crippen LogP contribution in [0.2, 0.25) is 5.02 Å². The van der Waals surface area contributed by atoms with Gasteiger partial charge in [0, 0.05) is 25.8 Å². The molecule has 28 heavy (non-hydrogen) atoms. The summed E-state index contributed by atoms with van der Waals surface area (Å²) in [4.78, 5) is 26.1. The third-order valence-electron chi connectivity index (χ3n) is 4.19. The highest BCUT2D eigenvalue weighted by Gasteiger charge is 2.21. The van der Waals surface area contributed by atoms with Crippen LogP contribution < -0.4 is 19.7 Å². The number of amides is 1. The Morgan fingerprint density at radius 1 is 1.21 bits per heavy atom. The molecule has 1 aliphatic heterocycles. The zero-order chi connectivity index (χ0) is 19.9. The second-order valence-corrected chi connectivity index (χ2v) is 6.64. The zero-order valence-corrected chi connectivity index (χ0v) is 16.2. The fourth-order valence-corrected chi connectivity index (χ4v) is 2.97. The standard InChI is InChI=1S/C20H21ClN2O5/c1-23(15-6-3-2-4-7-15)9-5-8-22-18(24)12-26-20(25)14-10-16(21)19-17(11-14)27-13-28-19/h2-4,6-7,10-11H,5,8-9,12-13H2,1H3,(H,22,24). The molecule has 1 aliphatic rings. The largest absolute Gasteiger partial charge is 0.454 e. The SMILES string of the molecule is CN(CCCNC(=O)COC(=O)c1cc(Cl)c2c(c1)OCO2)c1ccccc1. The van der Waals surface area contributed by atoms with Crippen molar-refractivity contribution in [2.45, 2.75) is 6.42 Å². The number of esters is 1. The van der Waals surface area contributed by atoms with E-state index in [0.29, 0.717) is 18.0 Å². The van der Waals surface area contributed by atoms with Gasteiger partial charge in [-0.15, -0.1) is 0 Å². The second kappa shape index (κ2) is 9.32. The van der Waals surface area contributed by atoms with E-state index in [0.717, 1.165) is 18.7 Å². The molecule has 0 fully saturated rings. The highest BCUT2D eigenvalue weighted by Crippen LogP contribution is 2.39. The predicted octanol–water partition coefficient (Wildman–Crippen LogP) is 2.87. The molecular formula is C20H21ClN2O5. The van der Waals surface area contributed by atoms with Crippen LogP contribution >= 0.6 is 11.6 Å². The summed E-state index contributed by atoms with van der Waals surface area (Å²) in [6.45, 7) is 0.970. The Bertz CT molecular complexity index is 844. The van der Waals surface area contributed by atoms with Crippen LogP contribution in [0.15, 0.2) is 42.5 Å². The molecule has 0 saturated heterocycles. The van der Waals surface area contributed by atoms with Gasteiger partial charge in [0.1, 0.15) is 0 Å². The molecule has 7 nitrogen and oxygen atoms in total. The lowest BCUT2D eigenvalue weighted by molar-refractivity contribution is -0.124. The van der Waals surface area contributed by atoms with E-state index in [4.69, 9.17) is 25.8 Å². The average Bonchev–Trinajstić information content (AvgIpc) is 3.19. The maximum atomic E-state index is 12.1. The Balaban J connectivity index is 1.37. The first kappa shape index (κ1) is 19.8. The summed E-state index contributed by atoms with van der Waals surface area (Å²) in [6.07, 6.45) is 0.767. The highest BCUT2D eigenvalue weighted by atomic mass is 35.5. The van der Waals surface area contributed by atoms with E-state index in [9.17, 15) is 9.59 Å². The van der Waals surface area contributed by atoms with Gasteiger partial charge in [0.2, 0.25) is 6.79 Å². The molecule has 3 rings (SSSR count). The number of nitrogens with one attached hydrogen (secondary N) is 1. The van der Waals surface area contributed by atoms with Crippen molar-refractivity contribution < 1.29 is 23.8 Å². The third-order valence-corrected chi connectivity index (χ3v) is 4.47. The molecule has 1 amide bonds. The van der Waals surface area contributed by atoms with Gasteiger partial charge < -0.3 is 24.4 Å². The molecule has 0 radical (unpaired) electrons. The third kappa shape index (κ3) is 5.07. The van der Waals surface area contributed by atoms with Crippen LogP contribution in [0.1, 0.15) is 16.8 Å². The summed E-state index contributed by atoms with van der Waals surface area (Å²) in [5.74, 6) is -0.232. The van der Waals surface area contributed by atoms with Crippen LogP contribution in [0, 0.1) is 0 Å². The number of nitrogens with zero attached hydrogens (tertiary/aromatic N) is 1. The lowest BCUT2D eigenvalue weighted by Crippen LogP contribution is -2.31. The number of rotatable bonds is 8. The van der Waals surface area contributed by atoms with Gasteiger partial charge in [-0.25, -0.2) is 4.79 Å². The van der Waals surface area contributed by atoms with Crippen molar-refractivity contribution in [3.8, 4) is 11.5 Å². The van der Waals surface area contributed by atoms with Crippen molar-refractivity contribution in [3.63, 3.8) is 0 Å².